The van der Waals surface area contributed by atoms with Crippen molar-refractivity contribution in [3.05, 3.63) is 88.9 Å². The molecule has 0 radical (unpaired) electrons. The predicted octanol–water partition coefficient (Wildman–Crippen LogP) is 4.46. The first-order chi connectivity index (χ1) is 17.3. The van der Waals surface area contributed by atoms with Crippen LogP contribution in [0, 0.1) is 18.4 Å². The van der Waals surface area contributed by atoms with Crippen molar-refractivity contribution >= 4 is 33.3 Å². The van der Waals surface area contributed by atoms with Gasteiger partial charge in [0.1, 0.15) is 10.6 Å². The first-order valence-corrected chi connectivity index (χ1v) is 13.1. The van der Waals surface area contributed by atoms with Crippen LogP contribution in [0.2, 0.25) is 5.02 Å². The Balaban J connectivity index is 1.75. The second kappa shape index (κ2) is 11.0. The van der Waals surface area contributed by atoms with E-state index in [1.807, 2.05) is 72.6 Å². The van der Waals surface area contributed by atoms with Crippen molar-refractivity contribution in [3.63, 3.8) is 0 Å². The van der Waals surface area contributed by atoms with Crippen LogP contribution in [0.4, 0.5) is 5.69 Å². The standard InChI is InChI=1S/C26H26ClN5O3S/c1-19-8-6-7-11-22(19)30-26(29-18-28)31-14-15-32(23(17-31)20-9-4-3-5-10-20)36(33,34)25-16-21(27)12-13-24(25)35-2/h3-13,16,23H,14-15,17H2,1-2H3,(H,29,30). The number of piperazine rings is 1. The molecule has 1 heterocycles. The van der Waals surface area contributed by atoms with Gasteiger partial charge in [-0.15, -0.1) is 0 Å². The summed E-state index contributed by atoms with van der Waals surface area (Å²) in [6, 6.07) is 21.0. The Hall–Kier alpha value is -3.58. The number of nitriles is 1. The van der Waals surface area contributed by atoms with Gasteiger partial charge in [0.05, 0.1) is 18.8 Å². The fourth-order valence-electron chi connectivity index (χ4n) is 4.20. The number of para-hydroxylation sites is 1. The molecule has 4 rings (SSSR count). The van der Waals surface area contributed by atoms with Crippen LogP contribution in [0.5, 0.6) is 5.75 Å². The molecule has 1 atom stereocenters. The van der Waals surface area contributed by atoms with Gasteiger partial charge in [-0.3, -0.25) is 5.32 Å². The molecule has 1 aliphatic rings. The molecule has 3 aromatic rings. The first kappa shape index (κ1) is 25.5. The SMILES string of the molecule is COc1ccc(Cl)cc1S(=O)(=O)N1CCN(C(=Nc2ccccc2C)NC#N)CC1c1ccccc1. The number of nitrogens with one attached hydrogen (secondary N) is 1. The van der Waals surface area contributed by atoms with Crippen molar-refractivity contribution in [1.29, 1.82) is 5.26 Å². The number of ether oxygens (including phenoxy) is 1. The van der Waals surface area contributed by atoms with Gasteiger partial charge in [-0.2, -0.15) is 9.57 Å². The highest BCUT2D eigenvalue weighted by molar-refractivity contribution is 7.89. The Bertz CT molecular complexity index is 1410. The second-order valence-electron chi connectivity index (χ2n) is 8.24. The third-order valence-electron chi connectivity index (χ3n) is 6.04. The molecule has 0 saturated carbocycles. The van der Waals surface area contributed by atoms with E-state index in [2.05, 4.69) is 10.3 Å². The van der Waals surface area contributed by atoms with E-state index >= 15 is 0 Å². The molecular weight excluding hydrogens is 498 g/mol. The second-order valence-corrected chi connectivity index (χ2v) is 10.5. The van der Waals surface area contributed by atoms with Gasteiger partial charge in [0.15, 0.2) is 6.19 Å². The van der Waals surface area contributed by atoms with Gasteiger partial charge in [-0.25, -0.2) is 13.4 Å². The van der Waals surface area contributed by atoms with Gasteiger partial charge in [-0.05, 0) is 42.3 Å². The largest absolute Gasteiger partial charge is 0.495 e. The number of methoxy groups -OCH3 is 1. The van der Waals surface area contributed by atoms with E-state index in [4.69, 9.17) is 16.3 Å². The highest BCUT2D eigenvalue weighted by atomic mass is 35.5. The summed E-state index contributed by atoms with van der Waals surface area (Å²) in [5, 5.41) is 12.4. The van der Waals surface area contributed by atoms with Gasteiger partial charge in [0.25, 0.3) is 0 Å². The number of guanidine groups is 1. The minimum absolute atomic E-state index is 0.0100. The predicted molar refractivity (Wildman–Crippen MR) is 140 cm³/mol. The van der Waals surface area contributed by atoms with Crippen molar-refractivity contribution in [2.24, 2.45) is 4.99 Å². The monoisotopic (exact) mass is 523 g/mol. The highest BCUT2D eigenvalue weighted by Gasteiger charge is 2.39. The number of aryl methyl sites for hydroxylation is 1. The molecule has 1 fully saturated rings. The quantitative estimate of drug-likeness (QED) is 0.229. The molecule has 186 valence electrons. The molecule has 1 aliphatic heterocycles. The van der Waals surface area contributed by atoms with E-state index in [1.165, 1.54) is 17.5 Å². The topological polar surface area (TPSA) is 98.0 Å². The minimum atomic E-state index is -3.98. The molecule has 0 amide bonds. The van der Waals surface area contributed by atoms with E-state index in [0.717, 1.165) is 16.8 Å². The molecule has 0 spiro atoms. The maximum Gasteiger partial charge on any atom is 0.247 e. The van der Waals surface area contributed by atoms with E-state index in [-0.39, 0.29) is 23.7 Å². The molecule has 3 aromatic carbocycles. The lowest BCUT2D eigenvalue weighted by Crippen LogP contribution is -2.54. The summed E-state index contributed by atoms with van der Waals surface area (Å²) in [6.07, 6.45) is 1.96. The summed E-state index contributed by atoms with van der Waals surface area (Å²) >= 11 is 6.16. The lowest BCUT2D eigenvalue weighted by atomic mass is 10.0. The Morgan fingerprint density at radius 2 is 1.83 bits per heavy atom. The molecule has 1 unspecified atom stereocenters. The van der Waals surface area contributed by atoms with Crippen LogP contribution in [0.15, 0.2) is 82.7 Å². The van der Waals surface area contributed by atoms with Crippen LogP contribution in [0.25, 0.3) is 0 Å². The van der Waals surface area contributed by atoms with Gasteiger partial charge in [0, 0.05) is 24.7 Å². The normalized spacial score (nSPS) is 16.9. The molecule has 0 bridgehead atoms. The van der Waals surface area contributed by atoms with Crippen LogP contribution in [0.1, 0.15) is 17.2 Å². The smallest absolute Gasteiger partial charge is 0.247 e. The molecule has 1 saturated heterocycles. The molecule has 8 nitrogen and oxygen atoms in total. The Kier molecular flexibility index (Phi) is 7.79. The lowest BCUT2D eigenvalue weighted by molar-refractivity contribution is 0.191. The third-order valence-corrected chi connectivity index (χ3v) is 8.20. The lowest BCUT2D eigenvalue weighted by Gasteiger charge is -2.41. The van der Waals surface area contributed by atoms with Gasteiger partial charge < -0.3 is 9.64 Å². The summed E-state index contributed by atoms with van der Waals surface area (Å²) in [6.45, 7) is 2.71. The molecule has 0 aromatic heterocycles. The summed E-state index contributed by atoms with van der Waals surface area (Å²) in [5.74, 6) is 0.590. The van der Waals surface area contributed by atoms with Crippen molar-refractivity contribution in [2.45, 2.75) is 17.9 Å². The van der Waals surface area contributed by atoms with Gasteiger partial charge in [-0.1, -0.05) is 60.1 Å². The third kappa shape index (κ3) is 5.31. The molecule has 36 heavy (non-hydrogen) atoms. The van der Waals surface area contributed by atoms with Gasteiger partial charge >= 0.3 is 0 Å². The van der Waals surface area contributed by atoms with Crippen LogP contribution < -0.4 is 10.1 Å². The maximum absolute atomic E-state index is 13.9. The number of benzene rings is 3. The van der Waals surface area contributed by atoms with Crippen LogP contribution in [0.3, 0.4) is 0 Å². The number of hydrogen-bond acceptors (Lipinski definition) is 5. The molecule has 1 N–H and O–H groups in total. The number of hydrogen-bond donors (Lipinski definition) is 1. The van der Waals surface area contributed by atoms with Crippen molar-refractivity contribution in [3.8, 4) is 11.9 Å². The fraction of sp³-hybridized carbons (Fsp3) is 0.231. The number of rotatable bonds is 5. The zero-order valence-electron chi connectivity index (χ0n) is 19.9. The number of aliphatic imine (C=N–C) groups is 1. The zero-order valence-corrected chi connectivity index (χ0v) is 21.5. The first-order valence-electron chi connectivity index (χ1n) is 11.3. The Labute approximate surface area is 216 Å². The minimum Gasteiger partial charge on any atom is -0.495 e. The Morgan fingerprint density at radius 1 is 1.11 bits per heavy atom. The molecule has 10 heteroatoms. The van der Waals surface area contributed by atoms with Crippen LogP contribution >= 0.6 is 11.6 Å². The number of sulfonamides is 1. The van der Waals surface area contributed by atoms with Crippen molar-refractivity contribution in [1.82, 2.24) is 14.5 Å². The average molecular weight is 524 g/mol. The van der Waals surface area contributed by atoms with Crippen molar-refractivity contribution < 1.29 is 13.2 Å². The van der Waals surface area contributed by atoms with E-state index in [9.17, 15) is 13.7 Å². The fourth-order valence-corrected chi connectivity index (χ4v) is 6.22. The van der Waals surface area contributed by atoms with Crippen LogP contribution in [-0.4, -0.2) is 50.3 Å². The highest BCUT2D eigenvalue weighted by Crippen LogP contribution is 2.36. The maximum atomic E-state index is 13.9. The molecule has 0 aliphatic carbocycles. The van der Waals surface area contributed by atoms with Gasteiger partial charge in [0.2, 0.25) is 16.0 Å². The van der Waals surface area contributed by atoms with E-state index in [0.29, 0.717) is 17.5 Å². The zero-order chi connectivity index (χ0) is 25.7. The molecular formula is C26H26ClN5O3S. The van der Waals surface area contributed by atoms with E-state index < -0.39 is 16.1 Å². The average Bonchev–Trinajstić information content (AvgIpc) is 2.89. The van der Waals surface area contributed by atoms with E-state index in [1.54, 1.807) is 12.1 Å². The number of halogens is 1. The number of nitrogens with zero attached hydrogens (tertiary/aromatic N) is 4. The van der Waals surface area contributed by atoms with Crippen LogP contribution in [-0.2, 0) is 10.0 Å². The summed E-state index contributed by atoms with van der Waals surface area (Å²) in [5.41, 5.74) is 2.51. The Morgan fingerprint density at radius 3 is 2.53 bits per heavy atom. The summed E-state index contributed by atoms with van der Waals surface area (Å²) in [7, 11) is -2.55. The summed E-state index contributed by atoms with van der Waals surface area (Å²) < 4.78 is 34.6. The summed E-state index contributed by atoms with van der Waals surface area (Å²) in [4.78, 5) is 6.59. The van der Waals surface area contributed by atoms with Crippen molar-refractivity contribution in [2.75, 3.05) is 26.7 Å².